The Morgan fingerprint density at radius 1 is 1.17 bits per heavy atom. The van der Waals surface area contributed by atoms with Crippen molar-refractivity contribution in [3.63, 3.8) is 0 Å². The van der Waals surface area contributed by atoms with Crippen LogP contribution in [0.15, 0.2) is 48.5 Å². The number of likely N-dealkylation sites (tertiary alicyclic amines) is 1. The molecule has 1 unspecified atom stereocenters. The number of nitrogens with zero attached hydrogens (tertiary/aromatic N) is 1. The van der Waals surface area contributed by atoms with Gasteiger partial charge in [0.1, 0.15) is 11.0 Å². The molecule has 1 fully saturated rings. The van der Waals surface area contributed by atoms with Gasteiger partial charge in [0.25, 0.3) is 0 Å². The fourth-order valence-corrected chi connectivity index (χ4v) is 6.54. The first kappa shape index (κ1) is 27.9. The maximum absolute atomic E-state index is 14.1. The van der Waals surface area contributed by atoms with Crippen LogP contribution in [0.1, 0.15) is 70.0 Å². The van der Waals surface area contributed by atoms with E-state index in [0.29, 0.717) is 28.6 Å². The van der Waals surface area contributed by atoms with Crippen LogP contribution in [0.3, 0.4) is 0 Å². The Morgan fingerprint density at radius 2 is 1.83 bits per heavy atom. The summed E-state index contributed by atoms with van der Waals surface area (Å²) in [6, 6.07) is 14.3. The molecule has 8 heteroatoms. The highest BCUT2D eigenvalue weighted by atomic mass is 35.5. The molecular formula is C27H33Cl2NO4S. The van der Waals surface area contributed by atoms with Gasteiger partial charge in [-0.2, -0.15) is 0 Å². The topological polar surface area (TPSA) is 80.7 Å². The molecule has 0 aromatic heterocycles. The molecule has 0 bridgehead atoms. The van der Waals surface area contributed by atoms with Gasteiger partial charge in [0.15, 0.2) is 0 Å². The number of hydrogen-bond donors (Lipinski definition) is 1. The van der Waals surface area contributed by atoms with Gasteiger partial charge in [0, 0.05) is 16.0 Å². The molecule has 1 N–H and O–H groups in total. The molecule has 0 saturated carbocycles. The van der Waals surface area contributed by atoms with Gasteiger partial charge in [-0.05, 0) is 73.3 Å². The predicted molar refractivity (Wildman–Crippen MR) is 142 cm³/mol. The monoisotopic (exact) mass is 537 g/mol. The zero-order valence-electron chi connectivity index (χ0n) is 20.5. The summed E-state index contributed by atoms with van der Waals surface area (Å²) in [7, 11) is 0. The highest BCUT2D eigenvalue weighted by molar-refractivity contribution is 7.92. The van der Waals surface area contributed by atoms with Crippen LogP contribution in [0.2, 0.25) is 10.0 Å². The van der Waals surface area contributed by atoms with E-state index in [4.69, 9.17) is 23.2 Å². The fourth-order valence-electron chi connectivity index (χ4n) is 5.06. The number of carbonyl (C=O) groups excluding carboxylic acids is 1. The van der Waals surface area contributed by atoms with E-state index in [9.17, 15) is 19.2 Å². The van der Waals surface area contributed by atoms with E-state index in [1.54, 1.807) is 25.1 Å². The Bertz CT molecular complexity index is 1050. The smallest absolute Gasteiger partial charge is 0.304 e. The van der Waals surface area contributed by atoms with Gasteiger partial charge in [0.2, 0.25) is 5.91 Å². The quantitative estimate of drug-likeness (QED) is 0.371. The molecule has 2 aromatic rings. The summed E-state index contributed by atoms with van der Waals surface area (Å²) in [6.07, 6.45) is 0.669. The molecule has 5 nitrogen and oxygen atoms in total. The van der Waals surface area contributed by atoms with Crippen LogP contribution < -0.4 is 0 Å². The van der Waals surface area contributed by atoms with Crippen molar-refractivity contribution in [2.75, 3.05) is 5.75 Å². The molecule has 1 aliphatic rings. The van der Waals surface area contributed by atoms with Crippen LogP contribution in [0.25, 0.3) is 0 Å². The standard InChI is InChI=1S/C27H33Cl2NO4S/c1-5-22(16-35(34)17(2)3)30-25(18-9-11-20(28)12-10-18)23(19-7-6-8-21(29)13-19)14-27(4,26(30)33)15-24(31)32/h6-13,17,22-23,25H,5,14-16H2,1-4H3,(H,31,32)/t22-,23+,25+,27+,35?/m0/s1. The van der Waals surface area contributed by atoms with Gasteiger partial charge in [0.05, 0.1) is 23.9 Å². The summed E-state index contributed by atoms with van der Waals surface area (Å²) in [5.41, 5.74) is 0.722. The second-order valence-corrected chi connectivity index (χ2v) is 12.8. The first-order chi connectivity index (χ1) is 16.5. The average molecular weight is 539 g/mol. The van der Waals surface area contributed by atoms with E-state index in [0.717, 1.165) is 11.1 Å². The SMILES string of the molecule is CC[C@@H](C[S+]([O-])C(C)C)N1C(=O)[C@@](C)(CC(=O)O)C[C@H](c2cccc(Cl)c2)[C@H]1c1ccc(Cl)cc1. The van der Waals surface area contributed by atoms with Crippen molar-refractivity contribution in [3.8, 4) is 0 Å². The lowest BCUT2D eigenvalue weighted by Gasteiger charge is -2.51. The van der Waals surface area contributed by atoms with E-state index in [1.807, 2.05) is 56.0 Å². The lowest BCUT2D eigenvalue weighted by molar-refractivity contribution is -0.160. The number of carboxylic acid groups (broad SMARTS) is 1. The molecule has 1 aliphatic heterocycles. The summed E-state index contributed by atoms with van der Waals surface area (Å²) >= 11 is 11.4. The number of aliphatic carboxylic acids is 1. The first-order valence-electron chi connectivity index (χ1n) is 11.9. The third-order valence-corrected chi connectivity index (χ3v) is 9.13. The summed E-state index contributed by atoms with van der Waals surface area (Å²) < 4.78 is 12.9. The minimum absolute atomic E-state index is 0.0490. The minimum Gasteiger partial charge on any atom is -0.616 e. The second-order valence-electron chi connectivity index (χ2n) is 9.86. The highest BCUT2D eigenvalue weighted by Crippen LogP contribution is 2.52. The Balaban J connectivity index is 2.22. The molecule has 35 heavy (non-hydrogen) atoms. The fraction of sp³-hybridized carbons (Fsp3) is 0.481. The van der Waals surface area contributed by atoms with Gasteiger partial charge in [-0.25, -0.2) is 0 Å². The van der Waals surface area contributed by atoms with Crippen molar-refractivity contribution in [2.24, 2.45) is 5.41 Å². The molecule has 1 amide bonds. The molecule has 0 spiro atoms. The van der Waals surface area contributed by atoms with E-state index in [2.05, 4.69) is 0 Å². The van der Waals surface area contributed by atoms with E-state index in [1.165, 1.54) is 0 Å². The lowest BCUT2D eigenvalue weighted by atomic mass is 9.67. The minimum atomic E-state index is -1.14. The van der Waals surface area contributed by atoms with Crippen molar-refractivity contribution in [1.29, 1.82) is 0 Å². The van der Waals surface area contributed by atoms with E-state index in [-0.39, 0.29) is 35.6 Å². The number of carboxylic acids is 1. The maximum Gasteiger partial charge on any atom is 0.304 e. The third kappa shape index (κ3) is 6.34. The summed E-state index contributed by atoms with van der Waals surface area (Å²) in [5, 5.41) is 10.8. The summed E-state index contributed by atoms with van der Waals surface area (Å²) in [6.45, 7) is 7.52. The lowest BCUT2D eigenvalue weighted by Crippen LogP contribution is -2.57. The Kier molecular flexibility index (Phi) is 9.19. The molecule has 1 heterocycles. The number of carbonyl (C=O) groups is 2. The summed E-state index contributed by atoms with van der Waals surface area (Å²) in [4.78, 5) is 27.8. The van der Waals surface area contributed by atoms with Crippen LogP contribution in [0.5, 0.6) is 0 Å². The first-order valence-corrected chi connectivity index (χ1v) is 14.0. The summed E-state index contributed by atoms with van der Waals surface area (Å²) in [5.74, 6) is -1.12. The van der Waals surface area contributed by atoms with Gasteiger partial charge in [-0.15, -0.1) is 0 Å². The Morgan fingerprint density at radius 3 is 2.37 bits per heavy atom. The van der Waals surface area contributed by atoms with Crippen molar-refractivity contribution in [2.45, 2.75) is 70.2 Å². The zero-order chi connectivity index (χ0) is 25.9. The molecule has 1 saturated heterocycles. The number of benzene rings is 2. The molecule has 3 rings (SSSR count). The van der Waals surface area contributed by atoms with Gasteiger partial charge in [-0.3, -0.25) is 9.59 Å². The van der Waals surface area contributed by atoms with Crippen molar-refractivity contribution < 1.29 is 19.2 Å². The van der Waals surface area contributed by atoms with Gasteiger partial charge in [-0.1, -0.05) is 61.3 Å². The number of piperidine rings is 1. The molecule has 190 valence electrons. The molecule has 0 aliphatic carbocycles. The molecule has 5 atom stereocenters. The normalized spacial score (nSPS) is 24.5. The van der Waals surface area contributed by atoms with Crippen LogP contribution in [-0.2, 0) is 20.8 Å². The maximum atomic E-state index is 14.1. The highest BCUT2D eigenvalue weighted by Gasteiger charge is 2.52. The van der Waals surface area contributed by atoms with Crippen molar-refractivity contribution >= 4 is 46.3 Å². The molecular weight excluding hydrogens is 505 g/mol. The average Bonchev–Trinajstić information content (AvgIpc) is 2.79. The van der Waals surface area contributed by atoms with Crippen LogP contribution in [0, 0.1) is 5.41 Å². The number of halogens is 2. The van der Waals surface area contributed by atoms with Crippen molar-refractivity contribution in [3.05, 3.63) is 69.7 Å². The number of amides is 1. The molecule has 2 aromatic carbocycles. The second kappa shape index (κ2) is 11.5. The predicted octanol–water partition coefficient (Wildman–Crippen LogP) is 6.47. The van der Waals surface area contributed by atoms with Crippen LogP contribution >= 0.6 is 23.2 Å². The van der Waals surface area contributed by atoms with E-state index < -0.39 is 22.6 Å². The largest absolute Gasteiger partial charge is 0.616 e. The van der Waals surface area contributed by atoms with Gasteiger partial charge < -0.3 is 14.6 Å². The van der Waals surface area contributed by atoms with E-state index >= 15 is 0 Å². The Hall–Kier alpha value is -1.73. The zero-order valence-corrected chi connectivity index (χ0v) is 22.9. The number of rotatable bonds is 9. The van der Waals surface area contributed by atoms with Gasteiger partial charge >= 0.3 is 5.97 Å². The van der Waals surface area contributed by atoms with Crippen LogP contribution in [0.4, 0.5) is 0 Å². The van der Waals surface area contributed by atoms with Crippen molar-refractivity contribution in [1.82, 2.24) is 4.90 Å². The third-order valence-electron chi connectivity index (χ3n) is 6.88. The molecule has 0 radical (unpaired) electrons. The number of hydrogen-bond acceptors (Lipinski definition) is 3. The van der Waals surface area contributed by atoms with Crippen LogP contribution in [-0.4, -0.2) is 43.5 Å². The Labute approximate surface area is 221 Å².